The van der Waals surface area contributed by atoms with E-state index in [4.69, 9.17) is 27.9 Å². The van der Waals surface area contributed by atoms with Crippen molar-refractivity contribution in [3.05, 3.63) is 74.4 Å². The van der Waals surface area contributed by atoms with E-state index in [1.807, 2.05) is 0 Å². The number of hydrogen-bond acceptors (Lipinski definition) is 10. The summed E-state index contributed by atoms with van der Waals surface area (Å²) < 4.78 is 209. The highest BCUT2D eigenvalue weighted by Gasteiger charge is 2.65. The summed E-state index contributed by atoms with van der Waals surface area (Å²) in [6.07, 6.45) is -24.2. The molecule has 2 amide bonds. The van der Waals surface area contributed by atoms with Crippen molar-refractivity contribution in [1.29, 1.82) is 10.5 Å². The van der Waals surface area contributed by atoms with Gasteiger partial charge in [-0.25, -0.2) is 9.97 Å². The molecule has 0 atom stereocenters. The second kappa shape index (κ2) is 16.4. The van der Waals surface area contributed by atoms with Gasteiger partial charge in [0.15, 0.2) is 11.4 Å². The minimum atomic E-state index is -6.37. The molecule has 59 heavy (non-hydrogen) atoms. The molecule has 0 unspecified atom stereocenters. The number of halogens is 17. The molecule has 4 rings (SSSR count). The molecule has 0 fully saturated rings. The van der Waals surface area contributed by atoms with E-state index in [0.717, 1.165) is 24.3 Å². The summed E-state index contributed by atoms with van der Waals surface area (Å²) in [6.45, 7) is 0. The Morgan fingerprint density at radius 3 is 1.27 bits per heavy atom. The normalized spacial score (nSPS) is 12.4. The molecule has 14 nitrogen and oxygen atoms in total. The van der Waals surface area contributed by atoms with Crippen molar-refractivity contribution < 1.29 is 79.8 Å². The lowest BCUT2D eigenvalue weighted by Gasteiger charge is -2.19. The van der Waals surface area contributed by atoms with Gasteiger partial charge in [0.25, 0.3) is 11.8 Å². The van der Waals surface area contributed by atoms with Crippen LogP contribution in [0.25, 0.3) is 0 Å². The zero-order valence-corrected chi connectivity index (χ0v) is 29.2. The Hall–Kier alpha value is -6.43. The van der Waals surface area contributed by atoms with E-state index in [-0.39, 0.29) is 26.6 Å². The van der Waals surface area contributed by atoms with Gasteiger partial charge in [0.2, 0.25) is 0 Å². The lowest BCUT2D eigenvalue weighted by Crippen LogP contribution is -2.36. The molecule has 0 saturated heterocycles. The minimum Gasteiger partial charge on any atom is -0.383 e. The number of aromatic nitrogens is 6. The van der Waals surface area contributed by atoms with Crippen molar-refractivity contribution in [2.24, 2.45) is 14.1 Å². The molecule has 0 radical (unpaired) electrons. The zero-order chi connectivity index (χ0) is 44.7. The second-order valence-electron chi connectivity index (χ2n) is 10.8. The van der Waals surface area contributed by atoms with Crippen LogP contribution in [0.15, 0.2) is 24.3 Å². The average molecular weight is 893 g/mol. The number of carbonyl (C=O) groups excluding carboxylic acids is 2. The van der Waals surface area contributed by atoms with Gasteiger partial charge in [0, 0.05) is 14.1 Å². The zero-order valence-electron chi connectivity index (χ0n) is 28.4. The molecule has 4 heterocycles. The molecule has 320 valence electrons. The van der Waals surface area contributed by atoms with Gasteiger partial charge in [0.1, 0.15) is 57.3 Å². The summed E-state index contributed by atoms with van der Waals surface area (Å²) in [7, 11) is 1.25. The van der Waals surface area contributed by atoms with Crippen molar-refractivity contribution in [1.82, 2.24) is 35.7 Å². The number of nitrogens with one attached hydrogen (secondary N) is 2. The number of amides is 2. The Morgan fingerprint density at radius 2 is 0.983 bits per heavy atom. The van der Waals surface area contributed by atoms with Crippen LogP contribution >= 0.6 is 11.6 Å². The highest BCUT2D eigenvalue weighted by Crippen LogP contribution is 2.51. The quantitative estimate of drug-likeness (QED) is 0.109. The van der Waals surface area contributed by atoms with Crippen LogP contribution in [-0.2, 0) is 38.3 Å². The third-order valence-corrected chi connectivity index (χ3v) is 7.20. The van der Waals surface area contributed by atoms with Crippen molar-refractivity contribution in [3.63, 3.8) is 0 Å². The van der Waals surface area contributed by atoms with Crippen LogP contribution in [0.4, 0.5) is 87.7 Å². The van der Waals surface area contributed by atoms with E-state index in [2.05, 4.69) is 20.2 Å². The van der Waals surface area contributed by atoms with Crippen LogP contribution < -0.4 is 22.5 Å². The predicted octanol–water partition coefficient (Wildman–Crippen LogP) is 7.62. The van der Waals surface area contributed by atoms with Gasteiger partial charge >= 0.3 is 36.6 Å². The molecule has 0 aliphatic carbocycles. The van der Waals surface area contributed by atoms with Crippen LogP contribution in [0.2, 0.25) is 5.15 Å². The van der Waals surface area contributed by atoms with E-state index in [1.165, 1.54) is 0 Å². The second-order valence-corrected chi connectivity index (χ2v) is 11.2. The molecule has 0 aliphatic rings. The van der Waals surface area contributed by atoms with Crippen molar-refractivity contribution >= 4 is 40.9 Å². The Balaban J connectivity index is 0.000000400. The van der Waals surface area contributed by atoms with E-state index >= 15 is 0 Å². The first-order valence-corrected chi connectivity index (χ1v) is 14.6. The maximum Gasteiger partial charge on any atom is 0.459 e. The first-order valence-electron chi connectivity index (χ1n) is 14.3. The molecule has 0 aliphatic heterocycles. The van der Waals surface area contributed by atoms with Crippen LogP contribution in [0.3, 0.4) is 0 Å². The molecule has 4 aromatic heterocycles. The summed E-state index contributed by atoms with van der Waals surface area (Å²) in [6, 6.07) is 7.00. The van der Waals surface area contributed by atoms with Gasteiger partial charge in [0.05, 0.1) is 11.1 Å². The standard InChI is InChI=1S/C14H6ClF8N5O.C14H8F8N6O.H3N/c1-28-10(26-11(29)6-3-2-5(4-24)9(15)25-6)7(13(18,19)20)8(27-28)12(16,17)14(21,22)23;1-28-10(26-11(29)6-3-2-5(4-23)9(24)25-6)7(13(17,18)19)8(27-28)12(15,16)14(20,21)22;/h2-3H,1H3,(H,26,29);2-3H,1H3,(H2,24,25)(H,26,29);1H3. The van der Waals surface area contributed by atoms with Gasteiger partial charge in [-0.1, -0.05) is 11.6 Å². The third kappa shape index (κ3) is 9.82. The monoisotopic (exact) mass is 892 g/mol. The topological polar surface area (TPSA) is 228 Å². The number of carbonyl (C=O) groups is 2. The number of nitrogens with zero attached hydrogens (tertiary/aromatic N) is 8. The fraction of sp³-hybridized carbons (Fsp3) is 0.286. The van der Waals surface area contributed by atoms with Gasteiger partial charge in [-0.3, -0.25) is 19.0 Å². The molecule has 31 heteroatoms. The van der Waals surface area contributed by atoms with Crippen LogP contribution in [0.5, 0.6) is 0 Å². The summed E-state index contributed by atoms with van der Waals surface area (Å²) in [5.41, 5.74) is -6.43. The SMILES string of the molecule is Cn1nc(C(F)(F)C(F)(F)F)c(C(F)(F)F)c1NC(=O)c1ccc(C#N)c(Cl)n1.Cn1nc(C(F)(F)C(F)(F)F)c(C(F)(F)F)c1NC(=O)c1ccc(C#N)c(N)n1.N. The Kier molecular flexibility index (Phi) is 13.6. The van der Waals surface area contributed by atoms with Gasteiger partial charge in [-0.2, -0.15) is 91.0 Å². The maximum absolute atomic E-state index is 13.6. The number of alkyl halides is 16. The highest BCUT2D eigenvalue weighted by molar-refractivity contribution is 6.30. The van der Waals surface area contributed by atoms with Gasteiger partial charge in [-0.05, 0) is 24.3 Å². The Bertz CT molecular complexity index is 2170. The molecule has 4 aromatic rings. The smallest absolute Gasteiger partial charge is 0.383 e. The van der Waals surface area contributed by atoms with E-state index < -0.39 is 105 Å². The largest absolute Gasteiger partial charge is 0.459 e. The fourth-order valence-electron chi connectivity index (χ4n) is 4.26. The highest BCUT2D eigenvalue weighted by atomic mass is 35.5. The molecular formula is C28H17ClF16N12O2. The number of rotatable bonds is 6. The number of aryl methyl sites for hydroxylation is 2. The van der Waals surface area contributed by atoms with Crippen LogP contribution in [0, 0.1) is 22.7 Å². The number of nitrogens with two attached hydrogens (primary N) is 1. The molecule has 0 spiro atoms. The number of pyridine rings is 2. The van der Waals surface area contributed by atoms with E-state index in [1.54, 1.807) is 22.8 Å². The minimum absolute atomic E-state index is 0. The molecule has 7 N–H and O–H groups in total. The Labute approximate surface area is 320 Å². The van der Waals surface area contributed by atoms with Crippen LogP contribution in [0.1, 0.15) is 54.6 Å². The fourth-order valence-corrected chi connectivity index (χ4v) is 4.46. The van der Waals surface area contributed by atoms with E-state index in [0.29, 0.717) is 14.1 Å². The first-order chi connectivity index (χ1) is 26.2. The summed E-state index contributed by atoms with van der Waals surface area (Å²) in [5, 5.41) is 25.3. The molecule has 0 bridgehead atoms. The predicted molar refractivity (Wildman–Crippen MR) is 165 cm³/mol. The average Bonchev–Trinajstić information content (AvgIpc) is 3.60. The number of anilines is 3. The Morgan fingerprint density at radius 1 is 0.644 bits per heavy atom. The molecule has 0 aromatic carbocycles. The summed E-state index contributed by atoms with van der Waals surface area (Å²) in [4.78, 5) is 31.2. The molecular weight excluding hydrogens is 876 g/mol. The summed E-state index contributed by atoms with van der Waals surface area (Å²) >= 11 is 5.59. The summed E-state index contributed by atoms with van der Waals surface area (Å²) in [5.74, 6) is -18.1. The third-order valence-electron chi connectivity index (χ3n) is 6.91. The number of nitrogen functional groups attached to an aromatic ring is 1. The van der Waals surface area contributed by atoms with Crippen molar-refractivity contribution in [2.75, 3.05) is 16.4 Å². The number of nitriles is 2. The van der Waals surface area contributed by atoms with Crippen molar-refractivity contribution in [3.8, 4) is 12.1 Å². The van der Waals surface area contributed by atoms with Gasteiger partial charge in [-0.15, -0.1) is 0 Å². The number of hydrogen-bond donors (Lipinski definition) is 4. The van der Waals surface area contributed by atoms with Gasteiger partial charge < -0.3 is 22.5 Å². The lowest BCUT2D eigenvalue weighted by atomic mass is 10.1. The maximum atomic E-state index is 13.6. The van der Waals surface area contributed by atoms with Crippen molar-refractivity contribution in [2.45, 2.75) is 36.6 Å². The lowest BCUT2D eigenvalue weighted by molar-refractivity contribution is -0.292. The first kappa shape index (κ1) is 48.7. The molecule has 0 saturated carbocycles. The van der Waals surface area contributed by atoms with E-state index in [9.17, 15) is 79.8 Å². The van der Waals surface area contributed by atoms with Crippen LogP contribution in [-0.4, -0.2) is 53.7 Å².